The van der Waals surface area contributed by atoms with Crippen LogP contribution in [0.25, 0.3) is 0 Å². The molecule has 0 radical (unpaired) electrons. The van der Waals surface area contributed by atoms with Crippen LogP contribution in [0.15, 0.2) is 0 Å². The maximum atomic E-state index is 13.3. The van der Waals surface area contributed by atoms with Gasteiger partial charge in [0.25, 0.3) is 0 Å². The lowest BCUT2D eigenvalue weighted by Gasteiger charge is -2.61. The minimum atomic E-state index is -6.17. The monoisotopic (exact) mass is 453 g/mol. The summed E-state index contributed by atoms with van der Waals surface area (Å²) in [5, 5.41) is 22.3. The van der Waals surface area contributed by atoms with Crippen molar-refractivity contribution in [3.63, 3.8) is 0 Å². The van der Waals surface area contributed by atoms with Crippen LogP contribution in [0.1, 0.15) is 38.5 Å². The molecule has 0 amide bonds. The van der Waals surface area contributed by atoms with Crippen molar-refractivity contribution in [1.29, 1.82) is 0 Å². The molecule has 0 saturated heterocycles. The van der Waals surface area contributed by atoms with E-state index in [-0.39, 0.29) is 18.4 Å². The van der Waals surface area contributed by atoms with Gasteiger partial charge in [-0.3, -0.25) is 5.04 Å². The third-order valence-corrected chi connectivity index (χ3v) is 7.42. The molecule has 4 aliphatic rings. The van der Waals surface area contributed by atoms with Gasteiger partial charge in [-0.1, -0.05) is 0 Å². The summed E-state index contributed by atoms with van der Waals surface area (Å²) in [5.41, 5.74) is -1.21. The third-order valence-electron chi connectivity index (χ3n) is 6.42. The summed E-state index contributed by atoms with van der Waals surface area (Å²) in [6, 6.07) is 0. The Kier molecular flexibility index (Phi) is 5.87. The summed E-state index contributed by atoms with van der Waals surface area (Å²) in [5.74, 6) is -2.25. The first-order valence-corrected chi connectivity index (χ1v) is 9.62. The van der Waals surface area contributed by atoms with E-state index in [2.05, 4.69) is 14.1 Å². The highest BCUT2D eigenvalue weighted by Gasteiger charge is 2.79. The molecule has 2 atom stereocenters. The Hall–Kier alpha value is -0.760. The van der Waals surface area contributed by atoms with Gasteiger partial charge in [0.1, 0.15) is 0 Å². The maximum absolute atomic E-state index is 13.3. The number of hydrogen-bond donors (Lipinski definition) is 1. The van der Waals surface area contributed by atoms with Gasteiger partial charge in [-0.15, -0.1) is 0 Å². The van der Waals surface area contributed by atoms with Crippen molar-refractivity contribution in [2.24, 2.45) is 22.7 Å². The first-order chi connectivity index (χ1) is 13.3. The van der Waals surface area contributed by atoms with Crippen LogP contribution in [0.3, 0.4) is 0 Å². The van der Waals surface area contributed by atoms with Gasteiger partial charge in [0, 0.05) is 12.0 Å². The van der Waals surface area contributed by atoms with E-state index in [1.807, 2.05) is 0 Å². The highest BCUT2D eigenvalue weighted by Crippen LogP contribution is 2.65. The molecule has 13 heteroatoms. The topological polar surface area (TPSA) is 88.1 Å². The standard InChI is InChI=1S/C16H20F6O6S/c17-15(18,19)14(16(20,21)22,29-28-27-25)11(24)26-8-13-4-9-1-10(5-13)3-12(2-9,6-13)7-23/h9-10,23,25H,1-8H2/p-1. The second kappa shape index (κ2) is 7.43. The van der Waals surface area contributed by atoms with E-state index in [1.54, 1.807) is 0 Å². The number of esters is 1. The van der Waals surface area contributed by atoms with Crippen LogP contribution in [0, 0.1) is 22.7 Å². The summed E-state index contributed by atoms with van der Waals surface area (Å²) < 4.78 is 82.8. The highest BCUT2D eigenvalue weighted by atomic mass is 32.2. The molecule has 1 N–H and O–H groups in total. The van der Waals surface area contributed by atoms with E-state index in [9.17, 15) is 41.5 Å². The molecule has 0 heterocycles. The predicted molar refractivity (Wildman–Crippen MR) is 82.2 cm³/mol. The molecule has 4 aliphatic carbocycles. The molecule has 4 bridgehead atoms. The van der Waals surface area contributed by atoms with Crippen molar-refractivity contribution in [3.8, 4) is 0 Å². The Labute approximate surface area is 165 Å². The molecule has 2 unspecified atom stereocenters. The Morgan fingerprint density at radius 2 is 1.55 bits per heavy atom. The summed E-state index contributed by atoms with van der Waals surface area (Å²) in [6.45, 7) is -0.761. The van der Waals surface area contributed by atoms with Crippen molar-refractivity contribution in [2.45, 2.75) is 55.6 Å². The normalized spacial score (nSPS) is 34.5. The fourth-order valence-electron chi connectivity index (χ4n) is 5.91. The van der Waals surface area contributed by atoms with Crippen LogP contribution >= 0.6 is 12.0 Å². The van der Waals surface area contributed by atoms with Gasteiger partial charge in [0.2, 0.25) is 0 Å². The summed E-state index contributed by atoms with van der Waals surface area (Å²) >= 11 is -1.49. The maximum Gasteiger partial charge on any atom is 0.425 e. The quantitative estimate of drug-likeness (QED) is 0.209. The zero-order chi connectivity index (χ0) is 21.7. The average Bonchev–Trinajstić information content (AvgIpc) is 2.57. The molecule has 168 valence electrons. The van der Waals surface area contributed by atoms with Crippen LogP contribution in [-0.2, 0) is 18.9 Å². The molecule has 4 saturated carbocycles. The summed E-state index contributed by atoms with van der Waals surface area (Å²) in [7, 11) is 0. The van der Waals surface area contributed by atoms with Crippen molar-refractivity contribution in [2.75, 3.05) is 13.2 Å². The molecule has 0 aromatic rings. The summed E-state index contributed by atoms with van der Waals surface area (Å²) in [6.07, 6.45) is -8.57. The number of alkyl halides is 6. The Bertz CT molecular complexity index is 610. The van der Waals surface area contributed by atoms with E-state index in [0.29, 0.717) is 19.3 Å². The van der Waals surface area contributed by atoms with Gasteiger partial charge >= 0.3 is 23.1 Å². The molecule has 0 spiro atoms. The minimum absolute atomic E-state index is 0.130. The molecular formula is C16H19F6O6S-. The van der Waals surface area contributed by atoms with Crippen LogP contribution < -0.4 is 5.26 Å². The van der Waals surface area contributed by atoms with Crippen molar-refractivity contribution in [1.82, 2.24) is 0 Å². The van der Waals surface area contributed by atoms with Gasteiger partial charge in [-0.05, 0) is 55.8 Å². The predicted octanol–water partition coefficient (Wildman–Crippen LogP) is 2.84. The zero-order valence-corrected chi connectivity index (χ0v) is 15.8. The van der Waals surface area contributed by atoms with E-state index >= 15 is 0 Å². The number of halogens is 6. The van der Waals surface area contributed by atoms with Crippen LogP contribution in [0.2, 0.25) is 0 Å². The fraction of sp³-hybridized carbons (Fsp3) is 0.938. The first kappa shape index (κ1) is 22.9. The molecular weight excluding hydrogens is 434 g/mol. The van der Waals surface area contributed by atoms with Gasteiger partial charge in [0.05, 0.1) is 18.6 Å². The van der Waals surface area contributed by atoms with Crippen LogP contribution in [0.5, 0.6) is 0 Å². The minimum Gasteiger partial charge on any atom is -0.691 e. The van der Waals surface area contributed by atoms with E-state index in [4.69, 9.17) is 0 Å². The molecule has 4 fully saturated rings. The SMILES string of the molecule is O=C(OCC12CC3CC(CC(CO)(C3)C1)C2)C(SOO[O-])(C(F)(F)F)C(F)(F)F. The fourth-order valence-corrected chi connectivity index (χ4v) is 6.35. The second-order valence-electron chi connectivity index (χ2n) is 8.59. The molecule has 0 aromatic carbocycles. The highest BCUT2D eigenvalue weighted by molar-refractivity contribution is 7.96. The number of carbonyl (C=O) groups is 1. The molecule has 4 rings (SSSR count). The number of rotatable bonds is 7. The van der Waals surface area contributed by atoms with Gasteiger partial charge in [-0.2, -0.15) is 30.7 Å². The van der Waals surface area contributed by atoms with Crippen molar-refractivity contribution >= 4 is 18.0 Å². The molecule has 6 nitrogen and oxygen atoms in total. The second-order valence-corrected chi connectivity index (χ2v) is 9.51. The lowest BCUT2D eigenvalue weighted by molar-refractivity contribution is -0.777. The Morgan fingerprint density at radius 1 is 1.03 bits per heavy atom. The van der Waals surface area contributed by atoms with E-state index in [1.165, 1.54) is 0 Å². The van der Waals surface area contributed by atoms with Crippen molar-refractivity contribution in [3.05, 3.63) is 0 Å². The van der Waals surface area contributed by atoms with Crippen LogP contribution in [0.4, 0.5) is 26.3 Å². The summed E-state index contributed by atoms with van der Waals surface area (Å²) in [4.78, 5) is 12.1. The molecule has 0 aliphatic heterocycles. The number of hydrogen-bond acceptors (Lipinski definition) is 7. The van der Waals surface area contributed by atoms with Gasteiger partial charge in [-0.25, -0.2) is 4.79 Å². The third kappa shape index (κ3) is 3.84. The average molecular weight is 453 g/mol. The molecule has 29 heavy (non-hydrogen) atoms. The van der Waals surface area contributed by atoms with E-state index in [0.717, 1.165) is 19.3 Å². The van der Waals surface area contributed by atoms with E-state index < -0.39 is 52.5 Å². The lowest BCUT2D eigenvalue weighted by Crippen LogP contribution is -2.61. The van der Waals surface area contributed by atoms with Crippen LogP contribution in [-0.4, -0.2) is 41.4 Å². The molecule has 0 aromatic heterocycles. The van der Waals surface area contributed by atoms with Crippen molar-refractivity contribution < 1.29 is 55.6 Å². The first-order valence-electron chi connectivity index (χ1n) is 8.88. The number of aliphatic hydroxyl groups is 1. The number of carbonyl (C=O) groups excluding carboxylic acids is 1. The number of ether oxygens (including phenoxy) is 1. The Balaban J connectivity index is 1.82. The van der Waals surface area contributed by atoms with Gasteiger partial charge < -0.3 is 15.1 Å². The number of aliphatic hydroxyl groups excluding tert-OH is 1. The smallest absolute Gasteiger partial charge is 0.425 e. The lowest BCUT2D eigenvalue weighted by atomic mass is 9.44. The zero-order valence-electron chi connectivity index (χ0n) is 15.0. The van der Waals surface area contributed by atoms with Gasteiger partial charge in [0.15, 0.2) is 0 Å². The Morgan fingerprint density at radius 3 is 2.00 bits per heavy atom. The largest absolute Gasteiger partial charge is 0.691 e.